The minimum atomic E-state index is -0.660. The summed E-state index contributed by atoms with van der Waals surface area (Å²) >= 11 is 19.3. The van der Waals surface area contributed by atoms with E-state index in [9.17, 15) is 5.11 Å². The number of aliphatic hydroxyl groups is 1. The van der Waals surface area contributed by atoms with Crippen LogP contribution in [0.2, 0.25) is 15.1 Å². The van der Waals surface area contributed by atoms with Crippen LogP contribution in [0.15, 0.2) is 47.4 Å². The topological polar surface area (TPSA) is 20.2 Å². The van der Waals surface area contributed by atoms with E-state index in [0.29, 0.717) is 26.4 Å². The highest BCUT2D eigenvalue weighted by molar-refractivity contribution is 7.99. The third kappa shape index (κ3) is 4.30. The molecule has 2 aromatic carbocycles. The second-order valence-electron chi connectivity index (χ2n) is 3.95. The predicted molar refractivity (Wildman–Crippen MR) is 83.6 cm³/mol. The van der Waals surface area contributed by atoms with E-state index in [0.717, 1.165) is 4.90 Å². The molecule has 100 valence electrons. The summed E-state index contributed by atoms with van der Waals surface area (Å²) in [7, 11) is 0. The quantitative estimate of drug-likeness (QED) is 0.748. The van der Waals surface area contributed by atoms with Gasteiger partial charge in [0.15, 0.2) is 0 Å². The Morgan fingerprint density at radius 2 is 1.58 bits per heavy atom. The first-order chi connectivity index (χ1) is 9.06. The summed E-state index contributed by atoms with van der Waals surface area (Å²) in [5, 5.41) is 11.9. The molecular formula is C14H11Cl3OS. The van der Waals surface area contributed by atoms with Crippen LogP contribution in [0.5, 0.6) is 0 Å². The molecule has 0 saturated heterocycles. The fourth-order valence-electron chi connectivity index (χ4n) is 1.57. The molecule has 0 radical (unpaired) electrons. The van der Waals surface area contributed by atoms with Gasteiger partial charge in [-0.15, -0.1) is 11.8 Å². The van der Waals surface area contributed by atoms with Gasteiger partial charge in [-0.05, 0) is 42.5 Å². The Kier molecular flexibility index (Phi) is 5.43. The number of rotatable bonds is 4. The van der Waals surface area contributed by atoms with Gasteiger partial charge < -0.3 is 5.11 Å². The molecule has 1 unspecified atom stereocenters. The number of hydrogen-bond donors (Lipinski definition) is 1. The highest BCUT2D eigenvalue weighted by atomic mass is 35.5. The Labute approximate surface area is 131 Å². The SMILES string of the molecule is OC(CSc1ccc(Cl)cc1)c1cc(Cl)ccc1Cl. The van der Waals surface area contributed by atoms with E-state index in [4.69, 9.17) is 34.8 Å². The van der Waals surface area contributed by atoms with Crippen LogP contribution in [-0.4, -0.2) is 10.9 Å². The molecule has 0 spiro atoms. The molecule has 0 aliphatic carbocycles. The second-order valence-corrected chi connectivity index (χ2v) is 6.32. The first kappa shape index (κ1) is 15.0. The largest absolute Gasteiger partial charge is 0.387 e. The molecule has 0 aliphatic rings. The summed E-state index contributed by atoms with van der Waals surface area (Å²) in [6.45, 7) is 0. The molecule has 0 aliphatic heterocycles. The predicted octanol–water partition coefficient (Wildman–Crippen LogP) is 5.47. The first-order valence-electron chi connectivity index (χ1n) is 5.57. The maximum atomic E-state index is 10.2. The lowest BCUT2D eigenvalue weighted by Gasteiger charge is -2.12. The Morgan fingerprint density at radius 1 is 0.947 bits per heavy atom. The number of aliphatic hydroxyl groups excluding tert-OH is 1. The average molecular weight is 334 g/mol. The maximum absolute atomic E-state index is 10.2. The molecule has 2 aromatic rings. The maximum Gasteiger partial charge on any atom is 0.0898 e. The molecule has 0 fully saturated rings. The Hall–Kier alpha value is -0.380. The van der Waals surface area contributed by atoms with Crippen LogP contribution in [0.4, 0.5) is 0 Å². The van der Waals surface area contributed by atoms with Crippen LogP contribution in [0.25, 0.3) is 0 Å². The fraction of sp³-hybridized carbons (Fsp3) is 0.143. The van der Waals surface area contributed by atoms with Crippen molar-refractivity contribution in [3.8, 4) is 0 Å². The second kappa shape index (κ2) is 6.87. The van der Waals surface area contributed by atoms with Gasteiger partial charge in [0.05, 0.1) is 6.10 Å². The van der Waals surface area contributed by atoms with Gasteiger partial charge in [0.25, 0.3) is 0 Å². The van der Waals surface area contributed by atoms with Crippen LogP contribution in [0.1, 0.15) is 11.7 Å². The van der Waals surface area contributed by atoms with Crippen LogP contribution < -0.4 is 0 Å². The molecule has 19 heavy (non-hydrogen) atoms. The minimum absolute atomic E-state index is 0.502. The molecule has 0 amide bonds. The van der Waals surface area contributed by atoms with Gasteiger partial charge in [-0.2, -0.15) is 0 Å². The lowest BCUT2D eigenvalue weighted by molar-refractivity contribution is 0.204. The summed E-state index contributed by atoms with van der Waals surface area (Å²) in [6, 6.07) is 12.6. The number of benzene rings is 2. The van der Waals surface area contributed by atoms with Gasteiger partial charge >= 0.3 is 0 Å². The van der Waals surface area contributed by atoms with Crippen molar-refractivity contribution < 1.29 is 5.11 Å². The summed E-state index contributed by atoms with van der Waals surface area (Å²) < 4.78 is 0. The summed E-state index contributed by atoms with van der Waals surface area (Å²) in [5.74, 6) is 0.502. The van der Waals surface area contributed by atoms with Crippen LogP contribution in [0, 0.1) is 0 Å². The Balaban J connectivity index is 2.03. The zero-order valence-electron chi connectivity index (χ0n) is 9.82. The Bertz CT molecular complexity index is 557. The van der Waals surface area contributed by atoms with Gasteiger partial charge in [0, 0.05) is 31.3 Å². The number of thioether (sulfide) groups is 1. The van der Waals surface area contributed by atoms with Crippen LogP contribution in [-0.2, 0) is 0 Å². The zero-order chi connectivity index (χ0) is 13.8. The third-order valence-corrected chi connectivity index (χ3v) is 4.46. The van der Waals surface area contributed by atoms with E-state index >= 15 is 0 Å². The van der Waals surface area contributed by atoms with Gasteiger partial charge in [-0.3, -0.25) is 0 Å². The molecule has 0 heterocycles. The molecule has 0 bridgehead atoms. The van der Waals surface area contributed by atoms with E-state index < -0.39 is 6.10 Å². The lowest BCUT2D eigenvalue weighted by atomic mass is 10.1. The normalized spacial score (nSPS) is 12.4. The van der Waals surface area contributed by atoms with Gasteiger partial charge in [0.2, 0.25) is 0 Å². The molecular weight excluding hydrogens is 323 g/mol. The molecule has 0 saturated carbocycles. The van der Waals surface area contributed by atoms with Gasteiger partial charge in [-0.1, -0.05) is 34.8 Å². The lowest BCUT2D eigenvalue weighted by Crippen LogP contribution is -2.01. The standard InChI is InChI=1S/C14H11Cl3OS/c15-9-1-4-11(5-2-9)19-8-14(18)12-7-10(16)3-6-13(12)17/h1-7,14,18H,8H2. The Morgan fingerprint density at radius 3 is 2.26 bits per heavy atom. The van der Waals surface area contributed by atoms with Crippen molar-refractivity contribution in [3.63, 3.8) is 0 Å². The molecule has 1 nitrogen and oxygen atoms in total. The van der Waals surface area contributed by atoms with E-state index in [1.807, 2.05) is 24.3 Å². The summed E-state index contributed by atoms with van der Waals surface area (Å²) in [4.78, 5) is 1.04. The number of halogens is 3. The number of hydrogen-bond acceptors (Lipinski definition) is 2. The summed E-state index contributed by atoms with van der Waals surface area (Å²) in [6.07, 6.45) is -0.660. The molecule has 0 aromatic heterocycles. The minimum Gasteiger partial charge on any atom is -0.387 e. The molecule has 5 heteroatoms. The van der Waals surface area contributed by atoms with Crippen LogP contribution >= 0.6 is 46.6 Å². The van der Waals surface area contributed by atoms with Crippen LogP contribution in [0.3, 0.4) is 0 Å². The first-order valence-corrected chi connectivity index (χ1v) is 7.69. The van der Waals surface area contributed by atoms with Gasteiger partial charge in [-0.25, -0.2) is 0 Å². The van der Waals surface area contributed by atoms with E-state index in [2.05, 4.69) is 0 Å². The van der Waals surface area contributed by atoms with Crippen molar-refractivity contribution in [3.05, 3.63) is 63.1 Å². The van der Waals surface area contributed by atoms with Gasteiger partial charge in [0.1, 0.15) is 0 Å². The average Bonchev–Trinajstić information content (AvgIpc) is 2.40. The zero-order valence-corrected chi connectivity index (χ0v) is 12.9. The van der Waals surface area contributed by atoms with E-state index in [1.165, 1.54) is 11.8 Å². The van der Waals surface area contributed by atoms with E-state index in [1.54, 1.807) is 18.2 Å². The monoisotopic (exact) mass is 332 g/mol. The smallest absolute Gasteiger partial charge is 0.0898 e. The molecule has 2 rings (SSSR count). The van der Waals surface area contributed by atoms with Crippen molar-refractivity contribution in [2.75, 3.05) is 5.75 Å². The fourth-order valence-corrected chi connectivity index (χ4v) is 2.97. The van der Waals surface area contributed by atoms with E-state index in [-0.39, 0.29) is 0 Å². The van der Waals surface area contributed by atoms with Crippen molar-refractivity contribution in [2.45, 2.75) is 11.0 Å². The third-order valence-electron chi connectivity index (χ3n) is 2.54. The van der Waals surface area contributed by atoms with Crippen molar-refractivity contribution in [1.29, 1.82) is 0 Å². The molecule has 1 atom stereocenters. The summed E-state index contributed by atoms with van der Waals surface area (Å²) in [5.41, 5.74) is 0.649. The molecule has 1 N–H and O–H groups in total. The highest BCUT2D eigenvalue weighted by Crippen LogP contribution is 2.31. The van der Waals surface area contributed by atoms with Crippen molar-refractivity contribution in [2.24, 2.45) is 0 Å². The van der Waals surface area contributed by atoms with Crippen molar-refractivity contribution in [1.82, 2.24) is 0 Å². The highest BCUT2D eigenvalue weighted by Gasteiger charge is 2.12. The van der Waals surface area contributed by atoms with Crippen molar-refractivity contribution >= 4 is 46.6 Å².